The SMILES string of the molecule is CCCCCC(CCC1CCO1)Oc1ccccc1. The number of hydrogen-bond donors (Lipinski definition) is 0. The summed E-state index contributed by atoms with van der Waals surface area (Å²) >= 11 is 0. The molecule has 0 aromatic heterocycles. The van der Waals surface area contributed by atoms with Crippen molar-refractivity contribution in [3.05, 3.63) is 30.3 Å². The highest BCUT2D eigenvalue weighted by Gasteiger charge is 2.20. The number of benzene rings is 1. The third-order valence-corrected chi connectivity index (χ3v) is 3.78. The van der Waals surface area contributed by atoms with E-state index in [1.54, 1.807) is 0 Å². The van der Waals surface area contributed by atoms with E-state index >= 15 is 0 Å². The molecule has 0 radical (unpaired) electrons. The van der Waals surface area contributed by atoms with Crippen LogP contribution in [0.15, 0.2) is 30.3 Å². The maximum atomic E-state index is 6.12. The Balaban J connectivity index is 1.77. The van der Waals surface area contributed by atoms with Crippen molar-refractivity contribution < 1.29 is 9.47 Å². The molecule has 1 aliphatic heterocycles. The zero-order valence-electron chi connectivity index (χ0n) is 12.0. The molecular weight excluding hydrogens is 236 g/mol. The molecule has 0 spiro atoms. The molecule has 1 fully saturated rings. The maximum Gasteiger partial charge on any atom is 0.119 e. The summed E-state index contributed by atoms with van der Waals surface area (Å²) in [6.07, 6.45) is 9.32. The minimum Gasteiger partial charge on any atom is -0.490 e. The van der Waals surface area contributed by atoms with Gasteiger partial charge < -0.3 is 9.47 Å². The second-order valence-electron chi connectivity index (χ2n) is 5.41. The van der Waals surface area contributed by atoms with Crippen LogP contribution >= 0.6 is 0 Å². The van der Waals surface area contributed by atoms with Gasteiger partial charge in [-0.3, -0.25) is 0 Å². The molecule has 2 atom stereocenters. The quantitative estimate of drug-likeness (QED) is 0.606. The molecule has 1 heterocycles. The zero-order valence-corrected chi connectivity index (χ0v) is 12.0. The molecule has 2 unspecified atom stereocenters. The third kappa shape index (κ3) is 5.23. The lowest BCUT2D eigenvalue weighted by atomic mass is 10.0. The lowest BCUT2D eigenvalue weighted by Crippen LogP contribution is -2.29. The highest BCUT2D eigenvalue weighted by Crippen LogP contribution is 2.22. The Kier molecular flexibility index (Phi) is 6.22. The Morgan fingerprint density at radius 2 is 2.00 bits per heavy atom. The van der Waals surface area contributed by atoms with Crippen LogP contribution in [0.25, 0.3) is 0 Å². The van der Waals surface area contributed by atoms with E-state index in [1.165, 1.54) is 25.7 Å². The molecule has 0 N–H and O–H groups in total. The summed E-state index contributed by atoms with van der Waals surface area (Å²) in [5, 5.41) is 0. The average molecular weight is 262 g/mol. The fourth-order valence-electron chi connectivity index (χ4n) is 2.46. The van der Waals surface area contributed by atoms with E-state index in [-0.39, 0.29) is 0 Å². The molecule has 19 heavy (non-hydrogen) atoms. The van der Waals surface area contributed by atoms with Gasteiger partial charge in [0.2, 0.25) is 0 Å². The largest absolute Gasteiger partial charge is 0.490 e. The van der Waals surface area contributed by atoms with Gasteiger partial charge in [-0.05, 0) is 44.2 Å². The highest BCUT2D eigenvalue weighted by molar-refractivity contribution is 5.21. The summed E-state index contributed by atoms with van der Waals surface area (Å²) in [5.41, 5.74) is 0. The molecule has 1 aromatic rings. The minimum absolute atomic E-state index is 0.346. The van der Waals surface area contributed by atoms with Gasteiger partial charge in [-0.25, -0.2) is 0 Å². The predicted molar refractivity (Wildman–Crippen MR) is 78.6 cm³/mol. The van der Waals surface area contributed by atoms with Gasteiger partial charge in [0, 0.05) is 6.61 Å². The van der Waals surface area contributed by atoms with Gasteiger partial charge in [0.25, 0.3) is 0 Å². The number of rotatable bonds is 9. The Bertz CT molecular complexity index is 332. The van der Waals surface area contributed by atoms with Crippen molar-refractivity contribution in [1.82, 2.24) is 0 Å². The van der Waals surface area contributed by atoms with E-state index in [1.807, 2.05) is 30.3 Å². The Morgan fingerprint density at radius 1 is 1.21 bits per heavy atom. The summed E-state index contributed by atoms with van der Waals surface area (Å²) in [7, 11) is 0. The summed E-state index contributed by atoms with van der Waals surface area (Å²) < 4.78 is 11.6. The molecule has 2 rings (SSSR count). The first-order valence-electron chi connectivity index (χ1n) is 7.71. The molecule has 0 aliphatic carbocycles. The van der Waals surface area contributed by atoms with Crippen LogP contribution in [-0.2, 0) is 4.74 Å². The van der Waals surface area contributed by atoms with Crippen LogP contribution in [-0.4, -0.2) is 18.8 Å². The van der Waals surface area contributed by atoms with Gasteiger partial charge in [0.15, 0.2) is 0 Å². The summed E-state index contributed by atoms with van der Waals surface area (Å²) in [6.45, 7) is 3.19. The van der Waals surface area contributed by atoms with Crippen molar-refractivity contribution in [3.63, 3.8) is 0 Å². The van der Waals surface area contributed by atoms with Crippen molar-refractivity contribution in [1.29, 1.82) is 0 Å². The van der Waals surface area contributed by atoms with Crippen LogP contribution in [0.4, 0.5) is 0 Å². The summed E-state index contributed by atoms with van der Waals surface area (Å²) in [5.74, 6) is 0.999. The molecule has 0 bridgehead atoms. The number of para-hydroxylation sites is 1. The van der Waals surface area contributed by atoms with Crippen LogP contribution in [0.1, 0.15) is 51.9 Å². The molecule has 1 saturated heterocycles. The van der Waals surface area contributed by atoms with Crippen LogP contribution in [0, 0.1) is 0 Å². The van der Waals surface area contributed by atoms with Gasteiger partial charge >= 0.3 is 0 Å². The number of ether oxygens (including phenoxy) is 2. The first-order chi connectivity index (χ1) is 9.38. The Morgan fingerprint density at radius 3 is 2.63 bits per heavy atom. The smallest absolute Gasteiger partial charge is 0.119 e. The second-order valence-corrected chi connectivity index (χ2v) is 5.41. The van der Waals surface area contributed by atoms with E-state index in [9.17, 15) is 0 Å². The van der Waals surface area contributed by atoms with Crippen molar-refractivity contribution in [2.45, 2.75) is 64.1 Å². The summed E-state index contributed by atoms with van der Waals surface area (Å²) in [6, 6.07) is 10.2. The van der Waals surface area contributed by atoms with Crippen LogP contribution in [0.2, 0.25) is 0 Å². The van der Waals surface area contributed by atoms with Gasteiger partial charge in [-0.2, -0.15) is 0 Å². The minimum atomic E-state index is 0.346. The van der Waals surface area contributed by atoms with E-state index in [0.717, 1.165) is 31.6 Å². The molecular formula is C17H26O2. The standard InChI is InChI=1S/C17H26O2/c1-2-3-5-8-17(12-11-15-13-14-18-15)19-16-9-6-4-7-10-16/h4,6-7,9-10,15,17H,2-3,5,8,11-14H2,1H3. The predicted octanol–water partition coefficient (Wildman–Crippen LogP) is 4.58. The molecule has 2 nitrogen and oxygen atoms in total. The van der Waals surface area contributed by atoms with E-state index in [2.05, 4.69) is 6.92 Å². The molecule has 1 aromatic carbocycles. The van der Waals surface area contributed by atoms with Gasteiger partial charge in [-0.1, -0.05) is 38.0 Å². The first kappa shape index (κ1) is 14.4. The molecule has 0 amide bonds. The van der Waals surface area contributed by atoms with E-state index in [4.69, 9.17) is 9.47 Å². The Labute approximate surface area is 117 Å². The summed E-state index contributed by atoms with van der Waals surface area (Å²) in [4.78, 5) is 0. The van der Waals surface area contributed by atoms with Crippen molar-refractivity contribution in [2.24, 2.45) is 0 Å². The van der Waals surface area contributed by atoms with Gasteiger partial charge in [-0.15, -0.1) is 0 Å². The first-order valence-corrected chi connectivity index (χ1v) is 7.71. The lowest BCUT2D eigenvalue weighted by Gasteiger charge is -2.28. The van der Waals surface area contributed by atoms with E-state index < -0.39 is 0 Å². The van der Waals surface area contributed by atoms with Gasteiger partial charge in [0.1, 0.15) is 5.75 Å². The van der Waals surface area contributed by atoms with Crippen LogP contribution < -0.4 is 4.74 Å². The monoisotopic (exact) mass is 262 g/mol. The van der Waals surface area contributed by atoms with Crippen LogP contribution in [0.5, 0.6) is 5.75 Å². The number of hydrogen-bond acceptors (Lipinski definition) is 2. The average Bonchev–Trinajstić information content (AvgIpc) is 2.38. The topological polar surface area (TPSA) is 18.5 Å². The molecule has 106 valence electrons. The Hall–Kier alpha value is -1.02. The number of unbranched alkanes of at least 4 members (excludes halogenated alkanes) is 2. The zero-order chi connectivity index (χ0) is 13.3. The molecule has 0 saturated carbocycles. The lowest BCUT2D eigenvalue weighted by molar-refractivity contribution is -0.0596. The molecule has 1 aliphatic rings. The van der Waals surface area contributed by atoms with Crippen molar-refractivity contribution in [3.8, 4) is 5.75 Å². The van der Waals surface area contributed by atoms with Crippen LogP contribution in [0.3, 0.4) is 0 Å². The second kappa shape index (κ2) is 8.21. The fourth-order valence-corrected chi connectivity index (χ4v) is 2.46. The maximum absolute atomic E-state index is 6.12. The highest BCUT2D eigenvalue weighted by atomic mass is 16.5. The molecule has 2 heteroatoms. The van der Waals surface area contributed by atoms with Gasteiger partial charge in [0.05, 0.1) is 12.2 Å². The van der Waals surface area contributed by atoms with Crippen molar-refractivity contribution >= 4 is 0 Å². The van der Waals surface area contributed by atoms with E-state index in [0.29, 0.717) is 12.2 Å². The fraction of sp³-hybridized carbons (Fsp3) is 0.647. The normalized spacial score (nSPS) is 19.7. The third-order valence-electron chi connectivity index (χ3n) is 3.78. The van der Waals surface area contributed by atoms with Crippen molar-refractivity contribution in [2.75, 3.05) is 6.61 Å².